The van der Waals surface area contributed by atoms with Crippen molar-refractivity contribution in [1.29, 1.82) is 0 Å². The normalized spacial score (nSPS) is 23.8. The number of nitrogens with zero attached hydrogens (tertiary/aromatic N) is 2. The summed E-state index contributed by atoms with van der Waals surface area (Å²) in [5.41, 5.74) is 2.30. The second kappa shape index (κ2) is 6.30. The first-order valence-corrected chi connectivity index (χ1v) is 7.04. The monoisotopic (exact) mass is 247 g/mol. The maximum Gasteiger partial charge on any atom is 0.0547 e. The topological polar surface area (TPSA) is 28.2 Å². The molecule has 0 radical (unpaired) electrons. The van der Waals surface area contributed by atoms with Crippen LogP contribution in [0.3, 0.4) is 0 Å². The first-order valence-electron chi connectivity index (χ1n) is 7.04. The van der Waals surface area contributed by atoms with E-state index in [1.54, 1.807) is 0 Å². The molecule has 1 aromatic rings. The van der Waals surface area contributed by atoms with Crippen molar-refractivity contribution in [3.05, 3.63) is 29.6 Å². The average molecular weight is 247 g/mol. The Morgan fingerprint density at radius 3 is 2.83 bits per heavy atom. The lowest BCUT2D eigenvalue weighted by molar-refractivity contribution is 0.218. The second-order valence-corrected chi connectivity index (χ2v) is 5.49. The molecule has 0 amide bonds. The third-order valence-electron chi connectivity index (χ3n) is 3.95. The summed E-state index contributed by atoms with van der Waals surface area (Å²) in [5, 5.41) is 3.48. The van der Waals surface area contributed by atoms with Gasteiger partial charge in [-0.2, -0.15) is 0 Å². The van der Waals surface area contributed by atoms with Crippen LogP contribution in [0.4, 0.5) is 0 Å². The van der Waals surface area contributed by atoms with E-state index in [4.69, 9.17) is 0 Å². The van der Waals surface area contributed by atoms with Crippen molar-refractivity contribution in [3.8, 4) is 0 Å². The van der Waals surface area contributed by atoms with Crippen molar-refractivity contribution in [2.45, 2.75) is 27.3 Å². The Kier molecular flexibility index (Phi) is 4.72. The molecule has 18 heavy (non-hydrogen) atoms. The van der Waals surface area contributed by atoms with E-state index in [2.05, 4.69) is 54.2 Å². The molecule has 2 atom stereocenters. The van der Waals surface area contributed by atoms with Crippen LogP contribution in [-0.2, 0) is 6.54 Å². The number of pyridine rings is 1. The van der Waals surface area contributed by atoms with Gasteiger partial charge >= 0.3 is 0 Å². The van der Waals surface area contributed by atoms with Gasteiger partial charge < -0.3 is 5.32 Å². The quantitative estimate of drug-likeness (QED) is 0.863. The van der Waals surface area contributed by atoms with Gasteiger partial charge in [-0.05, 0) is 50.5 Å². The van der Waals surface area contributed by atoms with E-state index in [1.165, 1.54) is 25.3 Å². The zero-order chi connectivity index (χ0) is 13.0. The highest BCUT2D eigenvalue weighted by Crippen LogP contribution is 2.18. The average Bonchev–Trinajstić information content (AvgIpc) is 2.74. The molecule has 0 saturated carbocycles. The van der Waals surface area contributed by atoms with Gasteiger partial charge in [0.25, 0.3) is 0 Å². The third kappa shape index (κ3) is 3.53. The van der Waals surface area contributed by atoms with Gasteiger partial charge in [-0.15, -0.1) is 0 Å². The molecule has 1 aromatic heterocycles. The molecule has 0 bridgehead atoms. The van der Waals surface area contributed by atoms with Crippen LogP contribution in [0, 0.1) is 18.8 Å². The Morgan fingerprint density at radius 2 is 2.22 bits per heavy atom. The van der Waals surface area contributed by atoms with E-state index in [1.807, 2.05) is 0 Å². The van der Waals surface area contributed by atoms with Crippen LogP contribution < -0.4 is 5.32 Å². The molecule has 1 saturated heterocycles. The Hall–Kier alpha value is -0.930. The van der Waals surface area contributed by atoms with Crippen molar-refractivity contribution < 1.29 is 0 Å². The zero-order valence-corrected chi connectivity index (χ0v) is 11.8. The minimum absolute atomic E-state index is 0.787. The van der Waals surface area contributed by atoms with Crippen LogP contribution in [0.1, 0.15) is 25.2 Å². The third-order valence-corrected chi connectivity index (χ3v) is 3.95. The smallest absolute Gasteiger partial charge is 0.0547 e. The van der Waals surface area contributed by atoms with Crippen molar-refractivity contribution in [2.24, 2.45) is 11.8 Å². The molecule has 0 aromatic carbocycles. The maximum absolute atomic E-state index is 4.60. The summed E-state index contributed by atoms with van der Waals surface area (Å²) in [6, 6.07) is 6.29. The van der Waals surface area contributed by atoms with Crippen molar-refractivity contribution in [2.75, 3.05) is 26.2 Å². The van der Waals surface area contributed by atoms with Crippen molar-refractivity contribution in [3.63, 3.8) is 0 Å². The molecule has 100 valence electrons. The number of hydrogen-bond donors (Lipinski definition) is 1. The molecule has 0 spiro atoms. The van der Waals surface area contributed by atoms with Crippen molar-refractivity contribution >= 4 is 0 Å². The fourth-order valence-electron chi connectivity index (χ4n) is 2.66. The lowest BCUT2D eigenvalue weighted by Crippen LogP contribution is -2.32. The van der Waals surface area contributed by atoms with E-state index in [0.717, 1.165) is 30.6 Å². The second-order valence-electron chi connectivity index (χ2n) is 5.49. The van der Waals surface area contributed by atoms with Gasteiger partial charge in [-0.1, -0.05) is 19.9 Å². The van der Waals surface area contributed by atoms with Crippen LogP contribution in [0.5, 0.6) is 0 Å². The summed E-state index contributed by atoms with van der Waals surface area (Å²) in [6.45, 7) is 12.2. The zero-order valence-electron chi connectivity index (χ0n) is 11.8. The fraction of sp³-hybridized carbons (Fsp3) is 0.667. The first-order chi connectivity index (χ1) is 8.69. The van der Waals surface area contributed by atoms with Gasteiger partial charge in [0.15, 0.2) is 0 Å². The van der Waals surface area contributed by atoms with Crippen LogP contribution in [-0.4, -0.2) is 36.1 Å². The van der Waals surface area contributed by atoms with Gasteiger partial charge in [-0.25, -0.2) is 0 Å². The van der Waals surface area contributed by atoms with E-state index in [0.29, 0.717) is 0 Å². The van der Waals surface area contributed by atoms with Crippen LogP contribution in [0.2, 0.25) is 0 Å². The predicted octanol–water partition coefficient (Wildman–Crippen LogP) is 2.07. The highest BCUT2D eigenvalue weighted by molar-refractivity contribution is 5.09. The number of aromatic nitrogens is 1. The van der Waals surface area contributed by atoms with Crippen LogP contribution >= 0.6 is 0 Å². The summed E-state index contributed by atoms with van der Waals surface area (Å²) in [5.74, 6) is 1.58. The molecule has 2 unspecified atom stereocenters. The summed E-state index contributed by atoms with van der Waals surface area (Å²) < 4.78 is 0. The first kappa shape index (κ1) is 13.5. The van der Waals surface area contributed by atoms with Gasteiger partial charge in [0, 0.05) is 18.8 Å². The molecule has 3 heteroatoms. The summed E-state index contributed by atoms with van der Waals surface area (Å²) in [4.78, 5) is 7.11. The van der Waals surface area contributed by atoms with Gasteiger partial charge in [-0.3, -0.25) is 9.88 Å². The Bertz CT molecular complexity index is 378. The molecular weight excluding hydrogens is 222 g/mol. The van der Waals surface area contributed by atoms with Gasteiger partial charge in [0.1, 0.15) is 0 Å². The van der Waals surface area contributed by atoms with E-state index < -0.39 is 0 Å². The SMILES string of the molecule is CCN(Cc1cccc(C)n1)CC1CNCC1C. The lowest BCUT2D eigenvalue weighted by atomic mass is 9.97. The molecule has 1 fully saturated rings. The number of aryl methyl sites for hydroxylation is 1. The summed E-state index contributed by atoms with van der Waals surface area (Å²) >= 11 is 0. The van der Waals surface area contributed by atoms with E-state index in [-0.39, 0.29) is 0 Å². The molecule has 2 heterocycles. The molecule has 3 nitrogen and oxygen atoms in total. The van der Waals surface area contributed by atoms with Gasteiger partial charge in [0.05, 0.1) is 5.69 Å². The minimum Gasteiger partial charge on any atom is -0.316 e. The number of nitrogens with one attached hydrogen (secondary N) is 1. The minimum atomic E-state index is 0.787. The molecule has 1 aliphatic rings. The largest absolute Gasteiger partial charge is 0.316 e. The summed E-state index contributed by atoms with van der Waals surface area (Å²) in [6.07, 6.45) is 0. The summed E-state index contributed by atoms with van der Waals surface area (Å²) in [7, 11) is 0. The lowest BCUT2D eigenvalue weighted by Gasteiger charge is -2.25. The van der Waals surface area contributed by atoms with E-state index in [9.17, 15) is 0 Å². The Labute approximate surface area is 111 Å². The number of hydrogen-bond acceptors (Lipinski definition) is 3. The fourth-order valence-corrected chi connectivity index (χ4v) is 2.66. The molecule has 2 rings (SSSR count). The highest BCUT2D eigenvalue weighted by atomic mass is 15.1. The Morgan fingerprint density at radius 1 is 1.39 bits per heavy atom. The Balaban J connectivity index is 1.92. The highest BCUT2D eigenvalue weighted by Gasteiger charge is 2.24. The van der Waals surface area contributed by atoms with Gasteiger partial charge in [0.2, 0.25) is 0 Å². The predicted molar refractivity (Wildman–Crippen MR) is 75.4 cm³/mol. The maximum atomic E-state index is 4.60. The number of rotatable bonds is 5. The molecular formula is C15H25N3. The van der Waals surface area contributed by atoms with Crippen LogP contribution in [0.25, 0.3) is 0 Å². The van der Waals surface area contributed by atoms with Crippen molar-refractivity contribution in [1.82, 2.24) is 15.2 Å². The van der Waals surface area contributed by atoms with E-state index >= 15 is 0 Å². The molecule has 0 aliphatic carbocycles. The standard InChI is InChI=1S/C15H25N3/c1-4-18(10-14-9-16-8-12(14)2)11-15-7-5-6-13(3)17-15/h5-7,12,14,16H,4,8-11H2,1-3H3. The molecule has 1 N–H and O–H groups in total. The van der Waals surface area contributed by atoms with Crippen LogP contribution in [0.15, 0.2) is 18.2 Å². The molecule has 1 aliphatic heterocycles.